The number of H-pyrrole nitrogens is 1. The highest BCUT2D eigenvalue weighted by atomic mass is 16.5. The highest BCUT2D eigenvalue weighted by Crippen LogP contribution is 2.19. The number of nitrogens with zero attached hydrogens (tertiary/aromatic N) is 4. The van der Waals surface area contributed by atoms with E-state index in [1.54, 1.807) is 13.2 Å². The second kappa shape index (κ2) is 8.76. The minimum Gasteiger partial charge on any atom is -0.380 e. The van der Waals surface area contributed by atoms with Gasteiger partial charge in [0, 0.05) is 24.1 Å². The Kier molecular flexibility index (Phi) is 6.14. The second-order valence-electron chi connectivity index (χ2n) is 7.12. The monoisotopic (exact) mass is 404 g/mol. The number of nitriles is 1. The van der Waals surface area contributed by atoms with Crippen molar-refractivity contribution in [3.05, 3.63) is 73.8 Å². The van der Waals surface area contributed by atoms with Crippen LogP contribution in [0.2, 0.25) is 0 Å². The molecular weight excluding hydrogens is 380 g/mol. The Hall–Kier alpha value is -3.70. The molecule has 2 heterocycles. The van der Waals surface area contributed by atoms with Gasteiger partial charge in [0.2, 0.25) is 0 Å². The first-order valence-electron chi connectivity index (χ1n) is 9.43. The third-order valence-electron chi connectivity index (χ3n) is 4.87. The summed E-state index contributed by atoms with van der Waals surface area (Å²) >= 11 is 0. The van der Waals surface area contributed by atoms with E-state index in [0.29, 0.717) is 29.2 Å². The summed E-state index contributed by atoms with van der Waals surface area (Å²) in [5, 5.41) is 16.7. The van der Waals surface area contributed by atoms with Crippen LogP contribution in [0.1, 0.15) is 39.2 Å². The molecule has 30 heavy (non-hydrogen) atoms. The Labute approximate surface area is 174 Å². The number of hydrogen-bond donors (Lipinski definition) is 2. The zero-order chi connectivity index (χ0) is 21.8. The number of methoxy groups -OCH3 is 1. The third-order valence-corrected chi connectivity index (χ3v) is 4.87. The second-order valence-corrected chi connectivity index (χ2v) is 7.12. The molecule has 2 aromatic heterocycles. The van der Waals surface area contributed by atoms with Gasteiger partial charge in [-0.05, 0) is 57.0 Å². The molecule has 0 fully saturated rings. The van der Waals surface area contributed by atoms with Crippen LogP contribution in [0, 0.1) is 39.0 Å². The quantitative estimate of drug-likeness (QED) is 0.484. The molecule has 3 aromatic rings. The fourth-order valence-corrected chi connectivity index (χ4v) is 3.13. The zero-order valence-electron chi connectivity index (χ0n) is 17.7. The minimum absolute atomic E-state index is 0.209. The molecule has 154 valence electrons. The lowest BCUT2D eigenvalue weighted by Gasteiger charge is -2.09. The molecule has 8 heteroatoms. The van der Waals surface area contributed by atoms with Gasteiger partial charge in [0.15, 0.2) is 5.82 Å². The molecule has 0 aliphatic rings. The summed E-state index contributed by atoms with van der Waals surface area (Å²) in [5.74, 6) is 0.323. The van der Waals surface area contributed by atoms with Crippen LogP contribution >= 0.6 is 0 Å². The number of benzene rings is 1. The number of aromatic amines is 1. The average molecular weight is 404 g/mol. The Balaban J connectivity index is 1.91. The van der Waals surface area contributed by atoms with E-state index in [2.05, 4.69) is 26.7 Å². The Bertz CT molecular complexity index is 1210. The Morgan fingerprint density at radius 1 is 1.27 bits per heavy atom. The molecule has 0 bridgehead atoms. The number of hydrogen-bond acceptors (Lipinski definition) is 6. The number of pyridine rings is 1. The molecule has 0 saturated heterocycles. The normalized spacial score (nSPS) is 11.1. The van der Waals surface area contributed by atoms with Crippen LogP contribution in [0.5, 0.6) is 0 Å². The van der Waals surface area contributed by atoms with Crippen LogP contribution in [0.4, 0.5) is 5.82 Å². The van der Waals surface area contributed by atoms with Gasteiger partial charge >= 0.3 is 0 Å². The van der Waals surface area contributed by atoms with E-state index in [9.17, 15) is 10.1 Å². The molecule has 0 radical (unpaired) electrons. The number of ether oxygens (including phenoxy) is 1. The summed E-state index contributed by atoms with van der Waals surface area (Å²) in [6.45, 7) is 7.96. The predicted molar refractivity (Wildman–Crippen MR) is 116 cm³/mol. The van der Waals surface area contributed by atoms with Crippen molar-refractivity contribution >= 4 is 12.0 Å². The van der Waals surface area contributed by atoms with Crippen molar-refractivity contribution in [2.75, 3.05) is 12.5 Å². The summed E-state index contributed by atoms with van der Waals surface area (Å²) < 4.78 is 6.64. The maximum atomic E-state index is 12.9. The standard InChI is InChI=1S/C22H24N6O2/c1-13-6-7-18(8-14(13)2)28-22(29)20(16(4)27-28)11-24-26-21-19(10-23)17(12-30-5)9-15(3)25-21/h6-9,11,27H,12H2,1-5H3,(H,25,26)/b24-11+. The van der Waals surface area contributed by atoms with E-state index < -0.39 is 0 Å². The van der Waals surface area contributed by atoms with Gasteiger partial charge in [-0.2, -0.15) is 10.4 Å². The molecular formula is C22H24N6O2. The van der Waals surface area contributed by atoms with E-state index in [1.165, 1.54) is 10.9 Å². The van der Waals surface area contributed by atoms with Crippen LogP contribution in [0.3, 0.4) is 0 Å². The number of aryl methyl sites for hydroxylation is 4. The molecule has 2 N–H and O–H groups in total. The van der Waals surface area contributed by atoms with E-state index in [0.717, 1.165) is 28.1 Å². The minimum atomic E-state index is -0.209. The van der Waals surface area contributed by atoms with Crippen molar-refractivity contribution < 1.29 is 4.74 Å². The molecule has 0 atom stereocenters. The summed E-state index contributed by atoms with van der Waals surface area (Å²) in [6.07, 6.45) is 1.44. The van der Waals surface area contributed by atoms with Crippen molar-refractivity contribution in [1.82, 2.24) is 14.8 Å². The largest absolute Gasteiger partial charge is 0.380 e. The molecule has 0 unspecified atom stereocenters. The first-order valence-corrected chi connectivity index (χ1v) is 9.43. The SMILES string of the molecule is COCc1cc(C)nc(N/N=C/c2c(C)[nH]n(-c3ccc(C)c(C)c3)c2=O)c1C#N. The van der Waals surface area contributed by atoms with Gasteiger partial charge in [0.1, 0.15) is 11.6 Å². The van der Waals surface area contributed by atoms with Gasteiger partial charge in [-0.25, -0.2) is 9.67 Å². The lowest BCUT2D eigenvalue weighted by Crippen LogP contribution is -2.17. The molecule has 8 nitrogen and oxygen atoms in total. The molecule has 0 spiro atoms. The van der Waals surface area contributed by atoms with Crippen molar-refractivity contribution in [1.29, 1.82) is 5.26 Å². The van der Waals surface area contributed by atoms with Crippen molar-refractivity contribution in [2.24, 2.45) is 5.10 Å². The van der Waals surface area contributed by atoms with E-state index >= 15 is 0 Å². The lowest BCUT2D eigenvalue weighted by molar-refractivity contribution is 0.184. The van der Waals surface area contributed by atoms with E-state index in [1.807, 2.05) is 45.9 Å². The van der Waals surface area contributed by atoms with Crippen LogP contribution < -0.4 is 11.0 Å². The van der Waals surface area contributed by atoms with Gasteiger partial charge in [-0.1, -0.05) is 6.07 Å². The van der Waals surface area contributed by atoms with Crippen molar-refractivity contribution in [3.63, 3.8) is 0 Å². The summed E-state index contributed by atoms with van der Waals surface area (Å²) in [4.78, 5) is 17.2. The van der Waals surface area contributed by atoms with Crippen LogP contribution in [-0.2, 0) is 11.3 Å². The summed E-state index contributed by atoms with van der Waals surface area (Å²) in [6, 6.07) is 9.76. The molecule has 1 aromatic carbocycles. The first-order chi connectivity index (χ1) is 14.3. The number of hydrazone groups is 1. The van der Waals surface area contributed by atoms with Gasteiger partial charge in [-0.3, -0.25) is 15.3 Å². The van der Waals surface area contributed by atoms with E-state index in [4.69, 9.17) is 4.74 Å². The van der Waals surface area contributed by atoms with Crippen molar-refractivity contribution in [2.45, 2.75) is 34.3 Å². The summed E-state index contributed by atoms with van der Waals surface area (Å²) in [5.41, 5.74) is 8.52. The number of rotatable bonds is 6. The first kappa shape index (κ1) is 21.0. The number of aromatic nitrogens is 3. The van der Waals surface area contributed by atoms with E-state index in [-0.39, 0.29) is 5.56 Å². The topological polar surface area (TPSA) is 108 Å². The maximum absolute atomic E-state index is 12.9. The molecule has 3 rings (SSSR count). The highest BCUT2D eigenvalue weighted by molar-refractivity contribution is 5.81. The molecule has 0 aliphatic heterocycles. The third kappa shape index (κ3) is 4.16. The fraction of sp³-hybridized carbons (Fsp3) is 0.273. The van der Waals surface area contributed by atoms with Crippen LogP contribution in [0.15, 0.2) is 34.2 Å². The Morgan fingerprint density at radius 3 is 2.70 bits per heavy atom. The molecule has 0 aliphatic carbocycles. The number of nitrogens with one attached hydrogen (secondary N) is 2. The lowest BCUT2D eigenvalue weighted by atomic mass is 10.1. The summed E-state index contributed by atoms with van der Waals surface area (Å²) in [7, 11) is 1.57. The van der Waals surface area contributed by atoms with Gasteiger partial charge < -0.3 is 4.74 Å². The highest BCUT2D eigenvalue weighted by Gasteiger charge is 2.13. The smallest absolute Gasteiger partial charge is 0.280 e. The van der Waals surface area contributed by atoms with Gasteiger partial charge in [0.25, 0.3) is 5.56 Å². The van der Waals surface area contributed by atoms with Crippen LogP contribution in [-0.4, -0.2) is 28.1 Å². The number of anilines is 1. The maximum Gasteiger partial charge on any atom is 0.280 e. The molecule has 0 saturated carbocycles. The molecule has 0 amide bonds. The Morgan fingerprint density at radius 2 is 2.03 bits per heavy atom. The predicted octanol–water partition coefficient (Wildman–Crippen LogP) is 3.26. The zero-order valence-corrected chi connectivity index (χ0v) is 17.7. The van der Waals surface area contributed by atoms with Crippen LogP contribution in [0.25, 0.3) is 5.69 Å². The van der Waals surface area contributed by atoms with Crippen molar-refractivity contribution in [3.8, 4) is 11.8 Å². The average Bonchev–Trinajstić information content (AvgIpc) is 2.98. The van der Waals surface area contributed by atoms with Gasteiger partial charge in [-0.15, -0.1) is 0 Å². The van der Waals surface area contributed by atoms with Gasteiger partial charge in [0.05, 0.1) is 24.1 Å². The fourth-order valence-electron chi connectivity index (χ4n) is 3.13.